The summed E-state index contributed by atoms with van der Waals surface area (Å²) in [6.45, 7) is 4.93. The van der Waals surface area contributed by atoms with Crippen molar-refractivity contribution >= 4 is 38.6 Å². The standard InChI is InChI=1S/C14H18BrClN2O/c1-14(2,9-19-3)18-12-5-4-10(15)8-11(12)17-13(18)6-7-16/h4-5,8H,6-7,9H2,1-3H3. The van der Waals surface area contributed by atoms with E-state index in [1.807, 2.05) is 12.1 Å². The Morgan fingerprint density at radius 1 is 1.42 bits per heavy atom. The number of halogens is 2. The number of methoxy groups -OCH3 is 1. The van der Waals surface area contributed by atoms with Gasteiger partial charge in [-0.3, -0.25) is 0 Å². The lowest BCUT2D eigenvalue weighted by molar-refractivity contribution is 0.110. The number of rotatable bonds is 5. The first-order valence-corrected chi connectivity index (χ1v) is 7.54. The normalized spacial score (nSPS) is 12.3. The molecule has 3 nitrogen and oxygen atoms in total. The number of aryl methyl sites for hydroxylation is 1. The van der Waals surface area contributed by atoms with Crippen LogP contribution in [0.4, 0.5) is 0 Å². The van der Waals surface area contributed by atoms with E-state index in [1.165, 1.54) is 0 Å². The zero-order valence-electron chi connectivity index (χ0n) is 11.4. The van der Waals surface area contributed by atoms with Gasteiger partial charge in [-0.05, 0) is 32.0 Å². The van der Waals surface area contributed by atoms with Crippen LogP contribution in [-0.2, 0) is 16.7 Å². The predicted octanol–water partition coefficient (Wildman–Crippen LogP) is 3.96. The summed E-state index contributed by atoms with van der Waals surface area (Å²) < 4.78 is 8.62. The monoisotopic (exact) mass is 344 g/mol. The lowest BCUT2D eigenvalue weighted by Crippen LogP contribution is -2.33. The van der Waals surface area contributed by atoms with E-state index in [9.17, 15) is 0 Å². The van der Waals surface area contributed by atoms with Crippen molar-refractivity contribution in [2.45, 2.75) is 25.8 Å². The first kappa shape index (κ1) is 14.8. The first-order chi connectivity index (χ1) is 8.99. The van der Waals surface area contributed by atoms with Crippen LogP contribution in [0.5, 0.6) is 0 Å². The Balaban J connectivity index is 2.64. The van der Waals surface area contributed by atoms with Gasteiger partial charge in [0.25, 0.3) is 0 Å². The van der Waals surface area contributed by atoms with Crippen molar-refractivity contribution < 1.29 is 4.74 Å². The molecule has 1 aromatic carbocycles. The molecule has 0 aliphatic rings. The minimum atomic E-state index is -0.154. The minimum Gasteiger partial charge on any atom is -0.382 e. The maximum atomic E-state index is 5.90. The fourth-order valence-electron chi connectivity index (χ4n) is 2.45. The molecule has 0 N–H and O–H groups in total. The third-order valence-corrected chi connectivity index (χ3v) is 3.79. The summed E-state index contributed by atoms with van der Waals surface area (Å²) >= 11 is 9.39. The summed E-state index contributed by atoms with van der Waals surface area (Å²) in [7, 11) is 1.72. The van der Waals surface area contributed by atoms with Crippen LogP contribution >= 0.6 is 27.5 Å². The highest BCUT2D eigenvalue weighted by Crippen LogP contribution is 2.28. The van der Waals surface area contributed by atoms with Crippen LogP contribution in [0.1, 0.15) is 19.7 Å². The van der Waals surface area contributed by atoms with Crippen molar-refractivity contribution in [1.29, 1.82) is 0 Å². The van der Waals surface area contributed by atoms with Crippen LogP contribution in [0, 0.1) is 0 Å². The minimum absolute atomic E-state index is 0.154. The number of aromatic nitrogens is 2. The highest BCUT2D eigenvalue weighted by atomic mass is 79.9. The molecule has 0 bridgehead atoms. The third kappa shape index (κ3) is 2.96. The van der Waals surface area contributed by atoms with Crippen LogP contribution in [0.2, 0.25) is 0 Å². The third-order valence-electron chi connectivity index (χ3n) is 3.11. The van der Waals surface area contributed by atoms with Gasteiger partial charge in [-0.15, -0.1) is 11.6 Å². The van der Waals surface area contributed by atoms with Crippen molar-refractivity contribution in [2.75, 3.05) is 19.6 Å². The Morgan fingerprint density at radius 3 is 2.79 bits per heavy atom. The Labute approximate surface area is 127 Å². The van der Waals surface area contributed by atoms with E-state index in [-0.39, 0.29) is 5.54 Å². The molecule has 104 valence electrons. The Bertz CT molecular complexity index is 580. The summed E-state index contributed by atoms with van der Waals surface area (Å²) in [6.07, 6.45) is 0.751. The van der Waals surface area contributed by atoms with Gasteiger partial charge in [0.05, 0.1) is 23.2 Å². The molecule has 2 aromatic rings. The summed E-state index contributed by atoms with van der Waals surface area (Å²) in [5, 5.41) is 0. The van der Waals surface area contributed by atoms with Gasteiger partial charge in [-0.2, -0.15) is 0 Å². The number of benzene rings is 1. The molecular weight excluding hydrogens is 328 g/mol. The average molecular weight is 346 g/mol. The topological polar surface area (TPSA) is 27.1 Å². The number of alkyl halides is 1. The predicted molar refractivity (Wildman–Crippen MR) is 83.1 cm³/mol. The molecule has 0 fully saturated rings. The van der Waals surface area contributed by atoms with E-state index in [0.717, 1.165) is 27.8 Å². The second-order valence-electron chi connectivity index (χ2n) is 5.18. The van der Waals surface area contributed by atoms with E-state index in [0.29, 0.717) is 12.5 Å². The molecule has 0 saturated heterocycles. The number of nitrogens with zero attached hydrogens (tertiary/aromatic N) is 2. The molecule has 0 aliphatic carbocycles. The van der Waals surface area contributed by atoms with Gasteiger partial charge in [-0.1, -0.05) is 15.9 Å². The van der Waals surface area contributed by atoms with E-state index in [1.54, 1.807) is 7.11 Å². The van der Waals surface area contributed by atoms with Crippen LogP contribution in [0.25, 0.3) is 11.0 Å². The van der Waals surface area contributed by atoms with E-state index >= 15 is 0 Å². The van der Waals surface area contributed by atoms with E-state index < -0.39 is 0 Å². The second-order valence-corrected chi connectivity index (χ2v) is 6.47. The molecule has 2 rings (SSSR count). The zero-order valence-corrected chi connectivity index (χ0v) is 13.8. The van der Waals surface area contributed by atoms with Gasteiger partial charge in [0.1, 0.15) is 5.82 Å². The quantitative estimate of drug-likeness (QED) is 0.767. The molecule has 0 radical (unpaired) electrons. The van der Waals surface area contributed by atoms with Crippen LogP contribution in [0.15, 0.2) is 22.7 Å². The summed E-state index contributed by atoms with van der Waals surface area (Å²) in [4.78, 5) is 4.70. The number of imidazole rings is 1. The number of hydrogen-bond donors (Lipinski definition) is 0. The first-order valence-electron chi connectivity index (χ1n) is 6.22. The lowest BCUT2D eigenvalue weighted by atomic mass is 10.1. The molecule has 0 atom stereocenters. The molecule has 0 unspecified atom stereocenters. The van der Waals surface area contributed by atoms with Gasteiger partial charge >= 0.3 is 0 Å². The molecule has 0 spiro atoms. The van der Waals surface area contributed by atoms with Crippen molar-refractivity contribution in [3.8, 4) is 0 Å². The van der Waals surface area contributed by atoms with Crippen molar-refractivity contribution in [3.63, 3.8) is 0 Å². The lowest BCUT2D eigenvalue weighted by Gasteiger charge is -2.28. The molecule has 1 aromatic heterocycles. The maximum Gasteiger partial charge on any atom is 0.111 e. The Kier molecular flexibility index (Phi) is 4.54. The second kappa shape index (κ2) is 5.81. The number of ether oxygens (including phenoxy) is 1. The molecule has 19 heavy (non-hydrogen) atoms. The van der Waals surface area contributed by atoms with E-state index in [4.69, 9.17) is 21.3 Å². The Hall–Kier alpha value is -0.580. The molecule has 0 amide bonds. The van der Waals surface area contributed by atoms with Crippen molar-refractivity contribution in [2.24, 2.45) is 0 Å². The molecule has 0 aliphatic heterocycles. The van der Waals surface area contributed by atoms with Crippen LogP contribution < -0.4 is 0 Å². The molecule has 5 heteroatoms. The highest BCUT2D eigenvalue weighted by molar-refractivity contribution is 9.10. The molecular formula is C14H18BrClN2O. The number of fused-ring (bicyclic) bond motifs is 1. The van der Waals surface area contributed by atoms with Crippen LogP contribution in [-0.4, -0.2) is 29.1 Å². The smallest absolute Gasteiger partial charge is 0.111 e. The van der Waals surface area contributed by atoms with Gasteiger partial charge in [0.15, 0.2) is 0 Å². The largest absolute Gasteiger partial charge is 0.382 e. The summed E-state index contributed by atoms with van der Waals surface area (Å²) in [5.74, 6) is 1.57. The van der Waals surface area contributed by atoms with Gasteiger partial charge in [0, 0.05) is 23.9 Å². The van der Waals surface area contributed by atoms with Gasteiger partial charge in [-0.25, -0.2) is 4.98 Å². The summed E-state index contributed by atoms with van der Waals surface area (Å²) in [5.41, 5.74) is 1.95. The van der Waals surface area contributed by atoms with Crippen LogP contribution in [0.3, 0.4) is 0 Å². The van der Waals surface area contributed by atoms with Gasteiger partial charge < -0.3 is 9.30 Å². The Morgan fingerprint density at radius 2 is 2.16 bits per heavy atom. The zero-order chi connectivity index (χ0) is 14.0. The van der Waals surface area contributed by atoms with E-state index in [2.05, 4.69) is 40.4 Å². The fraction of sp³-hybridized carbons (Fsp3) is 0.500. The number of hydrogen-bond acceptors (Lipinski definition) is 2. The molecule has 0 saturated carbocycles. The molecule has 1 heterocycles. The SMILES string of the molecule is COCC(C)(C)n1c(CCCl)nc2cc(Br)ccc21. The van der Waals surface area contributed by atoms with Gasteiger partial charge in [0.2, 0.25) is 0 Å². The fourth-order valence-corrected chi connectivity index (χ4v) is 2.97. The summed E-state index contributed by atoms with van der Waals surface area (Å²) in [6, 6.07) is 6.15. The van der Waals surface area contributed by atoms with Crippen molar-refractivity contribution in [1.82, 2.24) is 9.55 Å². The highest BCUT2D eigenvalue weighted by Gasteiger charge is 2.25. The maximum absolute atomic E-state index is 5.90. The average Bonchev–Trinajstić information content (AvgIpc) is 2.67. The van der Waals surface area contributed by atoms with Crippen molar-refractivity contribution in [3.05, 3.63) is 28.5 Å².